The predicted molar refractivity (Wildman–Crippen MR) is 101 cm³/mol. The van der Waals surface area contributed by atoms with Gasteiger partial charge in [-0.05, 0) is 31.2 Å². The van der Waals surface area contributed by atoms with Gasteiger partial charge in [-0.15, -0.1) is 0 Å². The second-order valence-electron chi connectivity index (χ2n) is 7.26. The Labute approximate surface area is 166 Å². The van der Waals surface area contributed by atoms with Gasteiger partial charge < -0.3 is 24.9 Å². The van der Waals surface area contributed by atoms with E-state index in [0.29, 0.717) is 25.1 Å². The third kappa shape index (κ3) is 3.25. The van der Waals surface area contributed by atoms with Crippen LogP contribution in [0.2, 0.25) is 0 Å². The van der Waals surface area contributed by atoms with Crippen LogP contribution in [0.15, 0.2) is 22.8 Å². The third-order valence-electron chi connectivity index (χ3n) is 5.50. The van der Waals surface area contributed by atoms with Crippen molar-refractivity contribution in [2.24, 2.45) is 0 Å². The maximum atomic E-state index is 13.3. The molecule has 0 radical (unpaired) electrons. The van der Waals surface area contributed by atoms with Crippen molar-refractivity contribution >= 4 is 35.4 Å². The molecule has 3 fully saturated rings. The normalized spacial score (nSPS) is 29.2. The Bertz CT molecular complexity index is 798. The molecule has 10 heteroatoms. The Hall–Kier alpha value is -2.49. The molecule has 4 rings (SSSR count). The Morgan fingerprint density at radius 3 is 2.93 bits per heavy atom. The van der Waals surface area contributed by atoms with Gasteiger partial charge in [0, 0.05) is 19.1 Å². The minimum Gasteiger partial charge on any atom is -0.459 e. The number of rotatable bonds is 4. The molecule has 1 aromatic heterocycles. The number of likely N-dealkylation sites (tertiary alicyclic amines) is 1. The van der Waals surface area contributed by atoms with E-state index < -0.39 is 18.1 Å². The minimum atomic E-state index is -0.757. The summed E-state index contributed by atoms with van der Waals surface area (Å²) in [6.45, 7) is 0.635. The van der Waals surface area contributed by atoms with Crippen molar-refractivity contribution in [3.8, 4) is 0 Å². The van der Waals surface area contributed by atoms with Crippen LogP contribution < -0.4 is 10.6 Å². The van der Waals surface area contributed by atoms with E-state index >= 15 is 0 Å². The van der Waals surface area contributed by atoms with Gasteiger partial charge in [-0.25, -0.2) is 0 Å². The molecule has 0 spiro atoms. The minimum absolute atomic E-state index is 0.114. The highest BCUT2D eigenvalue weighted by Gasteiger charge is 2.52. The quantitative estimate of drug-likeness (QED) is 0.693. The van der Waals surface area contributed by atoms with Crippen molar-refractivity contribution in [2.45, 2.75) is 37.0 Å². The van der Waals surface area contributed by atoms with E-state index in [2.05, 4.69) is 10.6 Å². The zero-order valence-corrected chi connectivity index (χ0v) is 16.2. The lowest BCUT2D eigenvalue weighted by Gasteiger charge is -2.28. The fraction of sp³-hybridized carbons (Fsp3) is 0.556. The summed E-state index contributed by atoms with van der Waals surface area (Å²) in [5.41, 5.74) is 0. The molecule has 3 aliphatic heterocycles. The first-order valence-corrected chi connectivity index (χ1v) is 10.6. The van der Waals surface area contributed by atoms with Crippen LogP contribution in [0.5, 0.6) is 0 Å². The van der Waals surface area contributed by atoms with Gasteiger partial charge in [-0.3, -0.25) is 19.2 Å². The van der Waals surface area contributed by atoms with Gasteiger partial charge in [0.25, 0.3) is 5.91 Å². The molecule has 4 amide bonds. The molecule has 0 saturated carbocycles. The number of nitrogens with zero attached hydrogens (tertiary/aromatic N) is 2. The fourth-order valence-electron chi connectivity index (χ4n) is 4.30. The van der Waals surface area contributed by atoms with E-state index in [1.54, 1.807) is 12.1 Å². The van der Waals surface area contributed by atoms with Crippen LogP contribution in [0, 0.1) is 0 Å². The molecule has 0 bridgehead atoms. The van der Waals surface area contributed by atoms with Crippen molar-refractivity contribution < 1.29 is 23.6 Å². The molecular formula is C18H22N4O5S. The highest BCUT2D eigenvalue weighted by Crippen LogP contribution is 2.30. The first-order valence-electron chi connectivity index (χ1n) is 9.23. The number of nitrogens with one attached hydrogen (secondary N) is 2. The van der Waals surface area contributed by atoms with Crippen molar-refractivity contribution in [1.29, 1.82) is 0 Å². The lowest BCUT2D eigenvalue weighted by molar-refractivity contribution is -0.138. The van der Waals surface area contributed by atoms with Crippen LogP contribution >= 0.6 is 11.8 Å². The maximum Gasteiger partial charge on any atom is 0.290 e. The van der Waals surface area contributed by atoms with Crippen LogP contribution in [0.1, 0.15) is 23.4 Å². The third-order valence-corrected chi connectivity index (χ3v) is 6.05. The smallest absolute Gasteiger partial charge is 0.290 e. The number of hydrogen-bond acceptors (Lipinski definition) is 6. The van der Waals surface area contributed by atoms with Gasteiger partial charge in [-0.1, -0.05) is 0 Å². The van der Waals surface area contributed by atoms with Crippen LogP contribution in [0.4, 0.5) is 0 Å². The molecule has 4 heterocycles. The summed E-state index contributed by atoms with van der Waals surface area (Å²) < 4.78 is 5.19. The summed E-state index contributed by atoms with van der Waals surface area (Å²) in [6, 6.07) is 1.12. The van der Waals surface area contributed by atoms with E-state index in [0.717, 1.165) is 0 Å². The molecule has 4 unspecified atom stereocenters. The monoisotopic (exact) mass is 406 g/mol. The number of fused-ring (bicyclic) bond motifs is 2. The van der Waals surface area contributed by atoms with Gasteiger partial charge in [0.2, 0.25) is 17.7 Å². The van der Waals surface area contributed by atoms with Gasteiger partial charge in [0.15, 0.2) is 5.76 Å². The fourth-order valence-corrected chi connectivity index (χ4v) is 4.65. The summed E-state index contributed by atoms with van der Waals surface area (Å²) in [7, 11) is 0. The van der Waals surface area contributed by atoms with Crippen LogP contribution in [0.25, 0.3) is 0 Å². The van der Waals surface area contributed by atoms with Crippen molar-refractivity contribution in [2.75, 3.05) is 25.1 Å². The first kappa shape index (κ1) is 18.9. The zero-order chi connectivity index (χ0) is 19.8. The highest BCUT2D eigenvalue weighted by molar-refractivity contribution is 7.99. The van der Waals surface area contributed by atoms with Crippen LogP contribution in [0.3, 0.4) is 0 Å². The van der Waals surface area contributed by atoms with Crippen molar-refractivity contribution in [3.63, 3.8) is 0 Å². The second kappa shape index (κ2) is 7.50. The summed E-state index contributed by atoms with van der Waals surface area (Å²) in [6.07, 6.45) is 4.14. The Kier molecular flexibility index (Phi) is 5.05. The molecular weight excluding hydrogens is 384 g/mol. The number of carbonyl (C=O) groups is 4. The van der Waals surface area contributed by atoms with Gasteiger partial charge in [0.05, 0.1) is 18.1 Å². The highest BCUT2D eigenvalue weighted by atomic mass is 32.2. The predicted octanol–water partition coefficient (Wildman–Crippen LogP) is -0.559. The van der Waals surface area contributed by atoms with E-state index in [-0.39, 0.29) is 42.0 Å². The summed E-state index contributed by atoms with van der Waals surface area (Å²) in [4.78, 5) is 53.6. The zero-order valence-electron chi connectivity index (χ0n) is 15.4. The lowest BCUT2D eigenvalue weighted by Crippen LogP contribution is -2.52. The molecule has 28 heavy (non-hydrogen) atoms. The second-order valence-corrected chi connectivity index (χ2v) is 8.13. The Morgan fingerprint density at radius 1 is 1.39 bits per heavy atom. The van der Waals surface area contributed by atoms with E-state index in [1.165, 1.54) is 27.8 Å². The molecule has 150 valence electrons. The molecule has 3 saturated heterocycles. The number of carbonyl (C=O) groups excluding carboxylic acids is 4. The van der Waals surface area contributed by atoms with Crippen LogP contribution in [-0.2, 0) is 14.4 Å². The topological polar surface area (TPSA) is 112 Å². The SMILES string of the molecule is CSCC(=O)NC1CC2C(=O)NC3CCN(C(=O)c4ccco4)C3C(=O)N2C1. The molecule has 0 aliphatic carbocycles. The standard InChI is InChI=1S/C18H22N4O5S/c1-28-9-14(23)19-10-7-12-16(24)20-11-4-5-21(15(11)18(26)22(12)8-10)17(25)13-3-2-6-27-13/h2-3,6,10-12,15H,4-5,7-9H2,1H3,(H,19,23)(H,20,24). The van der Waals surface area contributed by atoms with E-state index in [9.17, 15) is 19.2 Å². The molecule has 9 nitrogen and oxygen atoms in total. The molecule has 3 aliphatic rings. The number of thioether (sulfide) groups is 1. The summed E-state index contributed by atoms with van der Waals surface area (Å²) >= 11 is 1.41. The average Bonchev–Trinajstić information content (AvgIpc) is 3.39. The number of amides is 4. The number of hydrogen-bond donors (Lipinski definition) is 2. The lowest BCUT2D eigenvalue weighted by atomic mass is 10.1. The van der Waals surface area contributed by atoms with Gasteiger partial charge >= 0.3 is 0 Å². The average molecular weight is 406 g/mol. The molecule has 1 aromatic rings. The Morgan fingerprint density at radius 2 is 2.21 bits per heavy atom. The van der Waals surface area contributed by atoms with Crippen molar-refractivity contribution in [3.05, 3.63) is 24.2 Å². The first-order chi connectivity index (χ1) is 13.5. The van der Waals surface area contributed by atoms with Crippen LogP contribution in [-0.4, -0.2) is 82.7 Å². The van der Waals surface area contributed by atoms with Crippen molar-refractivity contribution in [1.82, 2.24) is 20.4 Å². The molecule has 4 atom stereocenters. The van der Waals surface area contributed by atoms with E-state index in [4.69, 9.17) is 4.42 Å². The van der Waals surface area contributed by atoms with E-state index in [1.807, 2.05) is 6.26 Å². The van der Waals surface area contributed by atoms with Gasteiger partial charge in [-0.2, -0.15) is 11.8 Å². The maximum absolute atomic E-state index is 13.3. The van der Waals surface area contributed by atoms with Gasteiger partial charge in [0.1, 0.15) is 12.1 Å². The summed E-state index contributed by atoms with van der Waals surface area (Å²) in [5.74, 6) is -0.456. The largest absolute Gasteiger partial charge is 0.459 e. The number of furan rings is 1. The molecule has 0 aromatic carbocycles. The molecule has 2 N–H and O–H groups in total. The Balaban J connectivity index is 1.54. The summed E-state index contributed by atoms with van der Waals surface area (Å²) in [5, 5.41) is 5.81.